The maximum Gasteiger partial charge on any atom is 0.335 e. The fraction of sp³-hybridized carbons (Fsp3) is 0.429. The smallest absolute Gasteiger partial charge is 0.335 e. The Hall–Kier alpha value is -1.56. The first kappa shape index (κ1) is 14.8. The highest BCUT2D eigenvalue weighted by Crippen LogP contribution is 2.26. The van der Waals surface area contributed by atoms with E-state index in [0.717, 1.165) is 25.7 Å². The summed E-state index contributed by atoms with van der Waals surface area (Å²) in [5.41, 5.74) is 0.617. The number of carboxylic acids is 1. The van der Waals surface area contributed by atoms with Gasteiger partial charge in [-0.1, -0.05) is 12.8 Å². The molecule has 0 aliphatic heterocycles. The third kappa shape index (κ3) is 3.30. The fourth-order valence-electron chi connectivity index (χ4n) is 2.41. The number of amides is 2. The molecule has 2 N–H and O–H groups in total. The Bertz CT molecular complexity index is 527. The van der Waals surface area contributed by atoms with Crippen LogP contribution in [0.25, 0.3) is 0 Å². The lowest BCUT2D eigenvalue weighted by Gasteiger charge is -2.24. The number of carbonyl (C=O) groups excluding carboxylic acids is 1. The number of anilines is 1. The number of carbonyl (C=O) groups is 2. The maximum atomic E-state index is 12.2. The number of nitrogens with zero attached hydrogens (tertiary/aromatic N) is 1. The van der Waals surface area contributed by atoms with E-state index < -0.39 is 5.97 Å². The second-order valence-corrected chi connectivity index (χ2v) is 5.83. The van der Waals surface area contributed by atoms with E-state index in [1.807, 2.05) is 0 Å². The second-order valence-electron chi connectivity index (χ2n) is 4.98. The molecule has 108 valence electrons. The number of hydrogen-bond donors (Lipinski definition) is 2. The van der Waals surface area contributed by atoms with Gasteiger partial charge < -0.3 is 15.3 Å². The maximum absolute atomic E-state index is 12.2. The summed E-state index contributed by atoms with van der Waals surface area (Å²) >= 11 is 3.31. The van der Waals surface area contributed by atoms with Gasteiger partial charge in [-0.15, -0.1) is 0 Å². The summed E-state index contributed by atoms with van der Waals surface area (Å²) in [5.74, 6) is -1.02. The molecule has 0 unspecified atom stereocenters. The molecule has 1 fully saturated rings. The van der Waals surface area contributed by atoms with Crippen LogP contribution in [0.4, 0.5) is 10.5 Å². The molecule has 2 amide bonds. The van der Waals surface area contributed by atoms with Crippen LogP contribution in [0.1, 0.15) is 36.0 Å². The summed E-state index contributed by atoms with van der Waals surface area (Å²) in [6.45, 7) is 0. The lowest BCUT2D eigenvalue weighted by atomic mass is 10.2. The van der Waals surface area contributed by atoms with Gasteiger partial charge >= 0.3 is 12.0 Å². The molecule has 20 heavy (non-hydrogen) atoms. The van der Waals surface area contributed by atoms with Crippen LogP contribution in [-0.4, -0.2) is 35.1 Å². The zero-order valence-electron chi connectivity index (χ0n) is 11.2. The Morgan fingerprint density at radius 2 is 2.00 bits per heavy atom. The average molecular weight is 341 g/mol. The standard InChI is InChI=1S/C14H17BrN2O3/c1-17(10-4-2-3-5-10)14(20)16-12-8-9(13(18)19)6-7-11(12)15/h6-8,10H,2-5H2,1H3,(H,16,20)(H,18,19). The fourth-order valence-corrected chi connectivity index (χ4v) is 2.76. The van der Waals surface area contributed by atoms with Gasteiger partial charge in [-0.2, -0.15) is 0 Å². The van der Waals surface area contributed by atoms with Crippen molar-refractivity contribution >= 4 is 33.6 Å². The van der Waals surface area contributed by atoms with Crippen LogP contribution in [-0.2, 0) is 0 Å². The third-order valence-corrected chi connectivity index (χ3v) is 4.34. The van der Waals surface area contributed by atoms with Crippen molar-refractivity contribution in [1.82, 2.24) is 4.90 Å². The van der Waals surface area contributed by atoms with Crippen molar-refractivity contribution in [3.05, 3.63) is 28.2 Å². The monoisotopic (exact) mass is 340 g/mol. The molecule has 0 saturated heterocycles. The van der Waals surface area contributed by atoms with Gasteiger partial charge in [0.1, 0.15) is 0 Å². The van der Waals surface area contributed by atoms with E-state index in [9.17, 15) is 9.59 Å². The van der Waals surface area contributed by atoms with Crippen LogP contribution in [0.3, 0.4) is 0 Å². The first-order valence-corrected chi connectivity index (χ1v) is 7.35. The van der Waals surface area contributed by atoms with Crippen LogP contribution in [0.15, 0.2) is 22.7 Å². The second kappa shape index (κ2) is 6.26. The van der Waals surface area contributed by atoms with Gasteiger partial charge in [-0.05, 0) is 47.0 Å². The van der Waals surface area contributed by atoms with Gasteiger partial charge in [0.25, 0.3) is 0 Å². The van der Waals surface area contributed by atoms with Gasteiger partial charge in [-0.3, -0.25) is 0 Å². The summed E-state index contributed by atoms with van der Waals surface area (Å²) in [7, 11) is 1.78. The van der Waals surface area contributed by atoms with Crippen molar-refractivity contribution in [3.63, 3.8) is 0 Å². The highest BCUT2D eigenvalue weighted by atomic mass is 79.9. The molecule has 1 saturated carbocycles. The Morgan fingerprint density at radius 3 is 2.60 bits per heavy atom. The number of aromatic carboxylic acids is 1. The van der Waals surface area contributed by atoms with Crippen LogP contribution in [0.2, 0.25) is 0 Å². The molecule has 0 spiro atoms. The quantitative estimate of drug-likeness (QED) is 0.883. The third-order valence-electron chi connectivity index (χ3n) is 3.65. The molecular formula is C14H17BrN2O3. The lowest BCUT2D eigenvalue weighted by molar-refractivity contribution is 0.0697. The summed E-state index contributed by atoms with van der Waals surface area (Å²) in [5, 5.41) is 11.7. The summed E-state index contributed by atoms with van der Waals surface area (Å²) < 4.78 is 0.663. The molecule has 6 heteroatoms. The number of urea groups is 1. The van der Waals surface area contributed by atoms with E-state index in [1.54, 1.807) is 18.0 Å². The Labute approximate surface area is 126 Å². The SMILES string of the molecule is CN(C(=O)Nc1cc(C(=O)O)ccc1Br)C1CCCC1. The lowest BCUT2D eigenvalue weighted by Crippen LogP contribution is -2.38. The number of halogens is 1. The predicted molar refractivity (Wildman–Crippen MR) is 80.1 cm³/mol. The zero-order valence-corrected chi connectivity index (χ0v) is 12.8. The Morgan fingerprint density at radius 1 is 1.35 bits per heavy atom. The molecule has 0 radical (unpaired) electrons. The van der Waals surface area contributed by atoms with Crippen LogP contribution in [0.5, 0.6) is 0 Å². The largest absolute Gasteiger partial charge is 0.478 e. The zero-order chi connectivity index (χ0) is 14.7. The normalized spacial score (nSPS) is 15.1. The molecule has 1 aliphatic carbocycles. The van der Waals surface area contributed by atoms with Crippen LogP contribution >= 0.6 is 15.9 Å². The van der Waals surface area contributed by atoms with Crippen LogP contribution < -0.4 is 5.32 Å². The van der Waals surface area contributed by atoms with Gasteiger partial charge in [-0.25, -0.2) is 9.59 Å². The number of benzene rings is 1. The minimum Gasteiger partial charge on any atom is -0.478 e. The van der Waals surface area contributed by atoms with E-state index in [1.165, 1.54) is 12.1 Å². The topological polar surface area (TPSA) is 69.6 Å². The highest BCUT2D eigenvalue weighted by Gasteiger charge is 2.23. The van der Waals surface area contributed by atoms with Gasteiger partial charge in [0.05, 0.1) is 11.3 Å². The average Bonchev–Trinajstić information content (AvgIpc) is 2.94. The summed E-state index contributed by atoms with van der Waals surface area (Å²) in [4.78, 5) is 24.8. The Kier molecular flexibility index (Phi) is 4.65. The van der Waals surface area contributed by atoms with E-state index in [4.69, 9.17) is 5.11 Å². The summed E-state index contributed by atoms with van der Waals surface area (Å²) in [6.07, 6.45) is 4.36. The minimum absolute atomic E-state index is 0.145. The number of rotatable bonds is 3. The number of nitrogens with one attached hydrogen (secondary N) is 1. The van der Waals surface area contributed by atoms with Gasteiger partial charge in [0, 0.05) is 17.6 Å². The van der Waals surface area contributed by atoms with E-state index in [2.05, 4.69) is 21.2 Å². The van der Waals surface area contributed by atoms with E-state index >= 15 is 0 Å². The molecule has 0 atom stereocenters. The van der Waals surface area contributed by atoms with Crippen molar-refractivity contribution < 1.29 is 14.7 Å². The predicted octanol–water partition coefficient (Wildman–Crippen LogP) is 3.55. The minimum atomic E-state index is -1.02. The van der Waals surface area contributed by atoms with E-state index in [0.29, 0.717) is 10.2 Å². The molecule has 5 nitrogen and oxygen atoms in total. The number of carboxylic acid groups (broad SMARTS) is 1. The molecule has 1 aromatic carbocycles. The highest BCUT2D eigenvalue weighted by molar-refractivity contribution is 9.10. The first-order valence-electron chi connectivity index (χ1n) is 6.55. The molecular weight excluding hydrogens is 324 g/mol. The molecule has 0 heterocycles. The molecule has 0 aromatic heterocycles. The van der Waals surface area contributed by atoms with Gasteiger partial charge in [0.15, 0.2) is 0 Å². The molecule has 0 bridgehead atoms. The Balaban J connectivity index is 2.10. The first-order chi connectivity index (χ1) is 9.49. The van der Waals surface area contributed by atoms with Crippen molar-refractivity contribution in [1.29, 1.82) is 0 Å². The molecule has 1 aliphatic rings. The van der Waals surface area contributed by atoms with E-state index in [-0.39, 0.29) is 17.6 Å². The van der Waals surface area contributed by atoms with Crippen molar-refractivity contribution in [2.75, 3.05) is 12.4 Å². The van der Waals surface area contributed by atoms with Gasteiger partial charge in [0.2, 0.25) is 0 Å². The number of hydrogen-bond acceptors (Lipinski definition) is 2. The molecule has 2 rings (SSSR count). The molecule has 1 aromatic rings. The van der Waals surface area contributed by atoms with Crippen LogP contribution in [0, 0.1) is 0 Å². The summed E-state index contributed by atoms with van der Waals surface area (Å²) in [6, 6.07) is 4.63. The van der Waals surface area contributed by atoms with Crippen molar-refractivity contribution in [2.45, 2.75) is 31.7 Å². The van der Waals surface area contributed by atoms with Crippen molar-refractivity contribution in [2.24, 2.45) is 0 Å². The van der Waals surface area contributed by atoms with Crippen molar-refractivity contribution in [3.8, 4) is 0 Å².